The number of rotatable bonds is 6. The third kappa shape index (κ3) is 4.77. The van der Waals surface area contributed by atoms with Gasteiger partial charge >= 0.3 is 0 Å². The van der Waals surface area contributed by atoms with E-state index in [-0.39, 0.29) is 0 Å². The number of hydrogen-bond acceptors (Lipinski definition) is 1. The van der Waals surface area contributed by atoms with Crippen LogP contribution < -0.4 is 5.32 Å². The van der Waals surface area contributed by atoms with E-state index in [4.69, 9.17) is 0 Å². The molecule has 2 rings (SSSR count). The molecule has 0 aliphatic carbocycles. The summed E-state index contributed by atoms with van der Waals surface area (Å²) in [5.41, 5.74) is 2.74. The van der Waals surface area contributed by atoms with Crippen LogP contribution >= 0.6 is 15.9 Å². The summed E-state index contributed by atoms with van der Waals surface area (Å²) in [6.07, 6.45) is 2.28. The lowest BCUT2D eigenvalue weighted by atomic mass is 10.0. The first kappa shape index (κ1) is 15.3. The second-order valence-corrected chi connectivity index (χ2v) is 6.28. The molecule has 2 aromatic carbocycles. The Hall–Kier alpha value is -1.12. The molecule has 20 heavy (non-hydrogen) atoms. The second-order valence-electron chi connectivity index (χ2n) is 5.37. The normalized spacial score (nSPS) is 13.9. The summed E-state index contributed by atoms with van der Waals surface area (Å²) in [5, 5.41) is 3.67. The maximum atomic E-state index is 3.67. The average Bonchev–Trinajstić information content (AvgIpc) is 2.46. The predicted molar refractivity (Wildman–Crippen MR) is 89.9 cm³/mol. The van der Waals surface area contributed by atoms with Crippen molar-refractivity contribution < 1.29 is 0 Å². The van der Waals surface area contributed by atoms with Crippen LogP contribution in [0.4, 0.5) is 0 Å². The van der Waals surface area contributed by atoms with Crippen molar-refractivity contribution >= 4 is 15.9 Å². The van der Waals surface area contributed by atoms with E-state index in [0.29, 0.717) is 12.1 Å². The van der Waals surface area contributed by atoms with Crippen LogP contribution in [0.25, 0.3) is 0 Å². The van der Waals surface area contributed by atoms with Crippen LogP contribution in [0.3, 0.4) is 0 Å². The quantitative estimate of drug-likeness (QED) is 0.774. The summed E-state index contributed by atoms with van der Waals surface area (Å²) in [5.74, 6) is 0. The molecular formula is C18H22BrN. The number of hydrogen-bond donors (Lipinski definition) is 1. The summed E-state index contributed by atoms with van der Waals surface area (Å²) in [6, 6.07) is 20.1. The Balaban J connectivity index is 1.83. The second kappa shape index (κ2) is 7.61. The Morgan fingerprint density at radius 3 is 2.45 bits per heavy atom. The standard InChI is InChI=1S/C18H22BrN/c1-14(11-12-16-7-4-3-5-8-16)20-15(2)17-9-6-10-18(19)13-17/h3-10,13-15,20H,11-12H2,1-2H3/t14?,15-/m0/s1. The van der Waals surface area contributed by atoms with Crippen LogP contribution in [-0.2, 0) is 6.42 Å². The molecule has 1 unspecified atom stereocenters. The molecule has 0 spiro atoms. The van der Waals surface area contributed by atoms with Crippen LogP contribution in [0, 0.1) is 0 Å². The zero-order valence-corrected chi connectivity index (χ0v) is 13.7. The Bertz CT molecular complexity index is 524. The summed E-state index contributed by atoms with van der Waals surface area (Å²) >= 11 is 3.53. The lowest BCUT2D eigenvalue weighted by Crippen LogP contribution is -2.29. The fourth-order valence-corrected chi connectivity index (χ4v) is 2.83. The van der Waals surface area contributed by atoms with Crippen molar-refractivity contribution in [2.45, 2.75) is 38.8 Å². The van der Waals surface area contributed by atoms with Gasteiger partial charge in [0.1, 0.15) is 0 Å². The van der Waals surface area contributed by atoms with Crippen LogP contribution in [0.15, 0.2) is 59.1 Å². The summed E-state index contributed by atoms with van der Waals surface area (Å²) in [4.78, 5) is 0. The molecule has 0 saturated carbocycles. The Morgan fingerprint density at radius 1 is 1.00 bits per heavy atom. The predicted octanol–water partition coefficient (Wildman–Crippen LogP) is 5.12. The van der Waals surface area contributed by atoms with E-state index in [2.05, 4.69) is 89.7 Å². The molecule has 0 aromatic heterocycles. The first-order chi connectivity index (χ1) is 9.65. The molecular weight excluding hydrogens is 310 g/mol. The SMILES string of the molecule is CC(CCc1ccccc1)N[C@@H](C)c1cccc(Br)c1. The van der Waals surface area contributed by atoms with E-state index in [1.54, 1.807) is 0 Å². The maximum Gasteiger partial charge on any atom is 0.0294 e. The van der Waals surface area contributed by atoms with Crippen molar-refractivity contribution in [1.29, 1.82) is 0 Å². The highest BCUT2D eigenvalue weighted by Gasteiger charge is 2.09. The third-order valence-electron chi connectivity index (χ3n) is 3.59. The van der Waals surface area contributed by atoms with Gasteiger partial charge in [-0.05, 0) is 49.9 Å². The highest BCUT2D eigenvalue weighted by atomic mass is 79.9. The molecule has 0 aliphatic heterocycles. The number of aryl methyl sites for hydroxylation is 1. The van der Waals surface area contributed by atoms with E-state index in [1.165, 1.54) is 11.1 Å². The highest BCUT2D eigenvalue weighted by Crippen LogP contribution is 2.18. The zero-order valence-electron chi connectivity index (χ0n) is 12.1. The fraction of sp³-hybridized carbons (Fsp3) is 0.333. The molecule has 0 radical (unpaired) electrons. The van der Waals surface area contributed by atoms with Gasteiger partial charge < -0.3 is 5.32 Å². The van der Waals surface area contributed by atoms with E-state index in [1.807, 2.05) is 0 Å². The van der Waals surface area contributed by atoms with Gasteiger partial charge in [-0.1, -0.05) is 58.4 Å². The maximum absolute atomic E-state index is 3.67. The smallest absolute Gasteiger partial charge is 0.0294 e. The Labute approximate surface area is 130 Å². The molecule has 1 N–H and O–H groups in total. The van der Waals surface area contributed by atoms with Crippen molar-refractivity contribution in [3.8, 4) is 0 Å². The van der Waals surface area contributed by atoms with E-state index >= 15 is 0 Å². The number of benzene rings is 2. The molecule has 0 saturated heterocycles. The lowest BCUT2D eigenvalue weighted by molar-refractivity contribution is 0.456. The molecule has 0 heterocycles. The van der Waals surface area contributed by atoms with Crippen molar-refractivity contribution in [2.75, 3.05) is 0 Å². The molecule has 0 bridgehead atoms. The van der Waals surface area contributed by atoms with Crippen molar-refractivity contribution in [3.05, 3.63) is 70.2 Å². The zero-order chi connectivity index (χ0) is 14.4. The number of nitrogens with one attached hydrogen (secondary N) is 1. The summed E-state index contributed by atoms with van der Waals surface area (Å²) in [7, 11) is 0. The topological polar surface area (TPSA) is 12.0 Å². The third-order valence-corrected chi connectivity index (χ3v) is 4.09. The first-order valence-corrected chi connectivity index (χ1v) is 8.00. The molecule has 0 amide bonds. The first-order valence-electron chi connectivity index (χ1n) is 7.20. The monoisotopic (exact) mass is 331 g/mol. The molecule has 106 valence electrons. The van der Waals surface area contributed by atoms with Gasteiger partial charge in [0.15, 0.2) is 0 Å². The van der Waals surface area contributed by atoms with Gasteiger partial charge in [0.25, 0.3) is 0 Å². The van der Waals surface area contributed by atoms with Crippen LogP contribution in [0.5, 0.6) is 0 Å². The largest absolute Gasteiger partial charge is 0.308 e. The van der Waals surface area contributed by atoms with E-state index < -0.39 is 0 Å². The Kier molecular flexibility index (Phi) is 5.81. The minimum atomic E-state index is 0.373. The molecule has 2 heteroatoms. The lowest BCUT2D eigenvalue weighted by Gasteiger charge is -2.20. The van der Waals surface area contributed by atoms with Crippen molar-refractivity contribution in [1.82, 2.24) is 5.32 Å². The van der Waals surface area contributed by atoms with Gasteiger partial charge in [-0.15, -0.1) is 0 Å². The summed E-state index contributed by atoms with van der Waals surface area (Å²) in [6.45, 7) is 4.48. The average molecular weight is 332 g/mol. The fourth-order valence-electron chi connectivity index (χ4n) is 2.41. The number of halogens is 1. The van der Waals surface area contributed by atoms with Gasteiger partial charge in [0, 0.05) is 16.6 Å². The van der Waals surface area contributed by atoms with E-state index in [0.717, 1.165) is 17.3 Å². The Morgan fingerprint density at radius 2 is 1.75 bits per heavy atom. The van der Waals surface area contributed by atoms with E-state index in [9.17, 15) is 0 Å². The van der Waals surface area contributed by atoms with Crippen molar-refractivity contribution in [3.63, 3.8) is 0 Å². The van der Waals surface area contributed by atoms with Gasteiger partial charge in [-0.3, -0.25) is 0 Å². The van der Waals surface area contributed by atoms with Crippen LogP contribution in [0.1, 0.15) is 37.4 Å². The minimum Gasteiger partial charge on any atom is -0.308 e. The highest BCUT2D eigenvalue weighted by molar-refractivity contribution is 9.10. The molecule has 0 aliphatic rings. The van der Waals surface area contributed by atoms with Crippen LogP contribution in [0.2, 0.25) is 0 Å². The molecule has 0 fully saturated rings. The molecule has 1 nitrogen and oxygen atoms in total. The molecule has 2 aromatic rings. The van der Waals surface area contributed by atoms with Crippen molar-refractivity contribution in [2.24, 2.45) is 0 Å². The van der Waals surface area contributed by atoms with Gasteiger partial charge in [-0.2, -0.15) is 0 Å². The summed E-state index contributed by atoms with van der Waals surface area (Å²) < 4.78 is 1.14. The van der Waals surface area contributed by atoms with Gasteiger partial charge in [0.05, 0.1) is 0 Å². The molecule has 2 atom stereocenters. The minimum absolute atomic E-state index is 0.373. The van der Waals surface area contributed by atoms with Gasteiger partial charge in [-0.25, -0.2) is 0 Å². The van der Waals surface area contributed by atoms with Gasteiger partial charge in [0.2, 0.25) is 0 Å². The van der Waals surface area contributed by atoms with Crippen LogP contribution in [-0.4, -0.2) is 6.04 Å².